The first-order valence-corrected chi connectivity index (χ1v) is 12.9. The van der Waals surface area contributed by atoms with Crippen molar-refractivity contribution in [1.29, 1.82) is 0 Å². The van der Waals surface area contributed by atoms with Gasteiger partial charge >= 0.3 is 5.97 Å². The summed E-state index contributed by atoms with van der Waals surface area (Å²) in [6.07, 6.45) is 0. The van der Waals surface area contributed by atoms with Gasteiger partial charge in [-0.3, -0.25) is 14.9 Å². The number of esters is 1. The van der Waals surface area contributed by atoms with Crippen LogP contribution in [-0.4, -0.2) is 52.3 Å². The van der Waals surface area contributed by atoms with E-state index in [9.17, 15) is 14.4 Å². The Balaban J connectivity index is 1.54. The summed E-state index contributed by atoms with van der Waals surface area (Å²) >= 11 is 0. The third-order valence-corrected chi connectivity index (χ3v) is 7.86. The highest BCUT2D eigenvalue weighted by molar-refractivity contribution is 6.24. The van der Waals surface area contributed by atoms with Gasteiger partial charge in [0.2, 0.25) is 11.8 Å². The van der Waals surface area contributed by atoms with Crippen molar-refractivity contribution in [3.8, 4) is 23.0 Å². The van der Waals surface area contributed by atoms with E-state index in [1.54, 1.807) is 67.8 Å². The SMILES string of the molecule is COC(=O)[C@]1(c2ccccc2)N[C@H](c2ccc(OC)cc2OC)[C@H]2C(=O)N(c3ccc4c(c3)OCCO4)C(=O)[C@H]21. The summed E-state index contributed by atoms with van der Waals surface area (Å²) in [6, 6.07) is 18.2. The molecule has 2 amide bonds. The summed E-state index contributed by atoms with van der Waals surface area (Å²) in [5.74, 6) is -1.74. The predicted molar refractivity (Wildman–Crippen MR) is 142 cm³/mol. The Hall–Kier alpha value is -4.57. The second kappa shape index (κ2) is 9.87. The maximum atomic E-state index is 14.3. The number of rotatable bonds is 6. The summed E-state index contributed by atoms with van der Waals surface area (Å²) in [4.78, 5) is 43.5. The van der Waals surface area contributed by atoms with Gasteiger partial charge in [0.15, 0.2) is 17.0 Å². The average molecular weight is 545 g/mol. The van der Waals surface area contributed by atoms with Gasteiger partial charge in [-0.25, -0.2) is 9.69 Å². The molecule has 0 aliphatic carbocycles. The fraction of sp³-hybridized carbons (Fsp3) is 0.300. The third kappa shape index (κ3) is 3.70. The van der Waals surface area contributed by atoms with Crippen molar-refractivity contribution in [2.24, 2.45) is 11.8 Å². The molecule has 0 saturated carbocycles. The molecule has 4 atom stereocenters. The van der Waals surface area contributed by atoms with E-state index < -0.39 is 41.2 Å². The second-order valence-electron chi connectivity index (χ2n) is 9.74. The van der Waals surface area contributed by atoms with Gasteiger partial charge in [-0.15, -0.1) is 0 Å². The topological polar surface area (TPSA) is 113 Å². The number of imide groups is 1. The number of nitrogens with zero attached hydrogens (tertiary/aromatic N) is 1. The maximum absolute atomic E-state index is 14.3. The summed E-state index contributed by atoms with van der Waals surface area (Å²) in [7, 11) is 4.32. The Labute approximate surface area is 230 Å². The smallest absolute Gasteiger partial charge is 0.331 e. The van der Waals surface area contributed by atoms with Crippen molar-refractivity contribution in [2.45, 2.75) is 11.6 Å². The van der Waals surface area contributed by atoms with Crippen molar-refractivity contribution in [2.75, 3.05) is 39.4 Å². The molecule has 10 nitrogen and oxygen atoms in total. The molecule has 0 aromatic heterocycles. The molecule has 40 heavy (non-hydrogen) atoms. The number of amides is 2. The van der Waals surface area contributed by atoms with Gasteiger partial charge in [-0.1, -0.05) is 36.4 Å². The molecule has 2 saturated heterocycles. The molecule has 3 aliphatic rings. The highest BCUT2D eigenvalue weighted by Crippen LogP contribution is 2.55. The molecule has 1 N–H and O–H groups in total. The van der Waals surface area contributed by atoms with Crippen LogP contribution < -0.4 is 29.2 Å². The lowest BCUT2D eigenvalue weighted by molar-refractivity contribution is -0.152. The molecule has 0 spiro atoms. The number of carbonyl (C=O) groups is 3. The van der Waals surface area contributed by atoms with E-state index in [1.165, 1.54) is 14.2 Å². The van der Waals surface area contributed by atoms with Crippen molar-refractivity contribution in [3.63, 3.8) is 0 Å². The van der Waals surface area contributed by atoms with Crippen LogP contribution in [0.15, 0.2) is 66.7 Å². The first-order chi connectivity index (χ1) is 19.4. The minimum absolute atomic E-state index is 0.334. The molecule has 2 fully saturated rings. The Morgan fingerprint density at radius 3 is 2.35 bits per heavy atom. The Kier molecular flexibility index (Phi) is 6.34. The van der Waals surface area contributed by atoms with E-state index in [2.05, 4.69) is 5.32 Å². The Morgan fingerprint density at radius 1 is 0.900 bits per heavy atom. The summed E-state index contributed by atoms with van der Waals surface area (Å²) in [6.45, 7) is 0.764. The quantitative estimate of drug-likeness (QED) is 0.370. The van der Waals surface area contributed by atoms with E-state index in [-0.39, 0.29) is 0 Å². The van der Waals surface area contributed by atoms with Gasteiger partial charge in [-0.05, 0) is 23.8 Å². The van der Waals surface area contributed by atoms with E-state index in [0.717, 1.165) is 4.90 Å². The van der Waals surface area contributed by atoms with E-state index in [4.69, 9.17) is 23.7 Å². The molecule has 0 unspecified atom stereocenters. The summed E-state index contributed by atoms with van der Waals surface area (Å²) in [5, 5.41) is 3.38. The van der Waals surface area contributed by atoms with E-state index in [1.807, 2.05) is 6.07 Å². The van der Waals surface area contributed by atoms with Crippen molar-refractivity contribution < 1.29 is 38.1 Å². The maximum Gasteiger partial charge on any atom is 0.331 e. The van der Waals surface area contributed by atoms with Crippen LogP contribution in [-0.2, 0) is 24.7 Å². The molecular weight excluding hydrogens is 516 g/mol. The standard InChI is InChI=1S/C30H28N2O8/c1-36-19-10-11-20(22(16-19)37-2)26-24-25(30(31-26,29(35)38-3)17-7-5-4-6-8-17)28(34)32(27(24)33)18-9-12-21-23(15-18)40-14-13-39-21/h4-12,15-16,24-26,31H,13-14H2,1-3H3/t24-,25-,26+,30+/m0/s1. The van der Waals surface area contributed by atoms with Gasteiger partial charge in [0.1, 0.15) is 24.7 Å². The van der Waals surface area contributed by atoms with Crippen LogP contribution >= 0.6 is 0 Å². The van der Waals surface area contributed by atoms with Gasteiger partial charge in [0, 0.05) is 23.7 Å². The average Bonchev–Trinajstić information content (AvgIpc) is 3.50. The first-order valence-electron chi connectivity index (χ1n) is 12.9. The van der Waals surface area contributed by atoms with Crippen LogP contribution in [0.4, 0.5) is 5.69 Å². The van der Waals surface area contributed by atoms with Crippen LogP contribution in [0.1, 0.15) is 17.2 Å². The second-order valence-corrected chi connectivity index (χ2v) is 9.74. The number of anilines is 1. The molecule has 6 rings (SSSR count). The van der Waals surface area contributed by atoms with Crippen LogP contribution in [0.3, 0.4) is 0 Å². The molecule has 3 heterocycles. The Bertz CT molecular complexity index is 1490. The molecule has 3 aromatic carbocycles. The lowest BCUT2D eigenvalue weighted by Crippen LogP contribution is -2.53. The highest BCUT2D eigenvalue weighted by atomic mass is 16.6. The van der Waals surface area contributed by atoms with Crippen molar-refractivity contribution in [3.05, 3.63) is 77.9 Å². The van der Waals surface area contributed by atoms with Crippen LogP contribution in [0.25, 0.3) is 0 Å². The van der Waals surface area contributed by atoms with Crippen molar-refractivity contribution in [1.82, 2.24) is 5.32 Å². The molecule has 0 radical (unpaired) electrons. The number of hydrogen-bond acceptors (Lipinski definition) is 9. The van der Waals surface area contributed by atoms with Gasteiger partial charge in [0.05, 0.1) is 38.9 Å². The fourth-order valence-electron chi connectivity index (χ4n) is 6.11. The monoisotopic (exact) mass is 544 g/mol. The zero-order valence-electron chi connectivity index (χ0n) is 22.2. The zero-order valence-corrected chi connectivity index (χ0v) is 22.2. The zero-order chi connectivity index (χ0) is 28.0. The number of carbonyl (C=O) groups excluding carboxylic acids is 3. The molecule has 10 heteroatoms. The number of benzene rings is 3. The number of fused-ring (bicyclic) bond motifs is 2. The molecule has 0 bridgehead atoms. The van der Waals surface area contributed by atoms with E-state index in [0.29, 0.717) is 53.0 Å². The Morgan fingerprint density at radius 2 is 1.65 bits per heavy atom. The van der Waals surface area contributed by atoms with Crippen molar-refractivity contribution >= 4 is 23.5 Å². The highest BCUT2D eigenvalue weighted by Gasteiger charge is 2.70. The van der Waals surface area contributed by atoms with Gasteiger partial charge in [0.25, 0.3) is 0 Å². The number of nitrogens with one attached hydrogen (secondary N) is 1. The minimum Gasteiger partial charge on any atom is -0.497 e. The third-order valence-electron chi connectivity index (χ3n) is 7.86. The normalized spacial score (nSPS) is 25.0. The number of methoxy groups -OCH3 is 3. The molecule has 3 aliphatic heterocycles. The number of ether oxygens (including phenoxy) is 5. The van der Waals surface area contributed by atoms with Crippen LogP contribution in [0.2, 0.25) is 0 Å². The molecular formula is C30H28N2O8. The fourth-order valence-corrected chi connectivity index (χ4v) is 6.11. The lowest BCUT2D eigenvalue weighted by Gasteiger charge is -2.33. The van der Waals surface area contributed by atoms with Gasteiger partial charge < -0.3 is 23.7 Å². The van der Waals surface area contributed by atoms with Crippen LogP contribution in [0, 0.1) is 11.8 Å². The van der Waals surface area contributed by atoms with Gasteiger partial charge in [-0.2, -0.15) is 0 Å². The largest absolute Gasteiger partial charge is 0.497 e. The minimum atomic E-state index is -1.65. The van der Waals surface area contributed by atoms with E-state index >= 15 is 0 Å². The van der Waals surface area contributed by atoms with Crippen LogP contribution in [0.5, 0.6) is 23.0 Å². The molecule has 206 valence electrons. The predicted octanol–water partition coefficient (Wildman–Crippen LogP) is 2.99. The summed E-state index contributed by atoms with van der Waals surface area (Å²) in [5.41, 5.74) is -0.200. The summed E-state index contributed by atoms with van der Waals surface area (Å²) < 4.78 is 27.7. The lowest BCUT2D eigenvalue weighted by atomic mass is 9.75. The molecule has 3 aromatic rings. The first kappa shape index (κ1) is 25.7. The number of hydrogen-bond donors (Lipinski definition) is 1.